The Morgan fingerprint density at radius 2 is 2.21 bits per heavy atom. The Kier molecular flexibility index (Phi) is 3.49. The Balaban J connectivity index is 3.22. The summed E-state index contributed by atoms with van der Waals surface area (Å²) in [4.78, 5) is 0. The van der Waals surface area contributed by atoms with Crippen molar-refractivity contribution in [3.05, 3.63) is 34.1 Å². The van der Waals surface area contributed by atoms with Crippen LogP contribution in [-0.4, -0.2) is 0 Å². The van der Waals surface area contributed by atoms with E-state index in [0.717, 1.165) is 5.56 Å². The highest BCUT2D eigenvalue weighted by Crippen LogP contribution is 2.26. The maximum absolute atomic E-state index is 13.4. The van der Waals surface area contributed by atoms with Gasteiger partial charge in [-0.05, 0) is 25.0 Å². The van der Waals surface area contributed by atoms with Crippen molar-refractivity contribution in [3.63, 3.8) is 0 Å². The highest BCUT2D eigenvalue weighted by atomic mass is 35.5. The first-order valence-electron chi connectivity index (χ1n) is 4.45. The Bertz CT molecular complexity index is 382. The monoisotopic (exact) mass is 211 g/mol. The van der Waals surface area contributed by atoms with E-state index in [4.69, 9.17) is 16.9 Å². The van der Waals surface area contributed by atoms with Gasteiger partial charge in [0.25, 0.3) is 0 Å². The number of nitrogens with zero attached hydrogens (tertiary/aromatic N) is 1. The first-order chi connectivity index (χ1) is 6.60. The van der Waals surface area contributed by atoms with Gasteiger partial charge < -0.3 is 0 Å². The Morgan fingerprint density at radius 1 is 1.57 bits per heavy atom. The Labute approximate surface area is 88.1 Å². The van der Waals surface area contributed by atoms with Gasteiger partial charge in [-0.1, -0.05) is 24.6 Å². The summed E-state index contributed by atoms with van der Waals surface area (Å²) in [6.07, 6.45) is 0.606. The van der Waals surface area contributed by atoms with Gasteiger partial charge in [-0.25, -0.2) is 4.39 Å². The second-order valence-electron chi connectivity index (χ2n) is 3.21. The molecule has 3 heteroatoms. The van der Waals surface area contributed by atoms with Crippen molar-refractivity contribution in [1.29, 1.82) is 5.26 Å². The predicted octanol–water partition coefficient (Wildman–Crippen LogP) is 3.80. The SMILES string of the molecule is CCC(C#N)c1cc(C)c(Cl)cc1F. The van der Waals surface area contributed by atoms with Crippen LogP contribution in [0.25, 0.3) is 0 Å². The first-order valence-corrected chi connectivity index (χ1v) is 4.83. The zero-order valence-corrected chi connectivity index (χ0v) is 8.90. The lowest BCUT2D eigenvalue weighted by atomic mass is 9.96. The van der Waals surface area contributed by atoms with Gasteiger partial charge in [0.05, 0.1) is 12.0 Å². The first kappa shape index (κ1) is 11.0. The minimum absolute atomic E-state index is 0.383. The van der Waals surface area contributed by atoms with Crippen LogP contribution < -0.4 is 0 Å². The van der Waals surface area contributed by atoms with E-state index in [1.165, 1.54) is 6.07 Å². The summed E-state index contributed by atoms with van der Waals surface area (Å²) in [5, 5.41) is 9.22. The van der Waals surface area contributed by atoms with Gasteiger partial charge in [-0.2, -0.15) is 5.26 Å². The molecule has 0 aromatic heterocycles. The molecular weight excluding hydrogens is 201 g/mol. The van der Waals surface area contributed by atoms with Crippen LogP contribution in [-0.2, 0) is 0 Å². The molecule has 0 fully saturated rings. The van der Waals surface area contributed by atoms with Crippen molar-refractivity contribution in [2.75, 3.05) is 0 Å². The summed E-state index contributed by atoms with van der Waals surface area (Å²) < 4.78 is 13.4. The molecule has 0 spiro atoms. The normalized spacial score (nSPS) is 12.2. The van der Waals surface area contributed by atoms with Crippen molar-refractivity contribution in [2.45, 2.75) is 26.2 Å². The zero-order valence-electron chi connectivity index (χ0n) is 8.14. The molecule has 0 saturated heterocycles. The molecule has 0 N–H and O–H groups in total. The number of nitriles is 1. The zero-order chi connectivity index (χ0) is 10.7. The van der Waals surface area contributed by atoms with E-state index in [9.17, 15) is 4.39 Å². The van der Waals surface area contributed by atoms with Crippen molar-refractivity contribution in [2.24, 2.45) is 0 Å². The van der Waals surface area contributed by atoms with Gasteiger partial charge in [0, 0.05) is 10.6 Å². The third-order valence-electron chi connectivity index (χ3n) is 2.22. The highest BCUT2D eigenvalue weighted by Gasteiger charge is 2.14. The van der Waals surface area contributed by atoms with E-state index in [-0.39, 0.29) is 5.92 Å². The molecule has 0 aliphatic rings. The largest absolute Gasteiger partial charge is 0.207 e. The van der Waals surface area contributed by atoms with Crippen molar-refractivity contribution in [3.8, 4) is 6.07 Å². The van der Waals surface area contributed by atoms with Crippen LogP contribution in [0.5, 0.6) is 0 Å². The maximum atomic E-state index is 13.4. The summed E-state index contributed by atoms with van der Waals surface area (Å²) in [5.41, 5.74) is 1.24. The van der Waals surface area contributed by atoms with E-state index in [2.05, 4.69) is 6.07 Å². The van der Waals surface area contributed by atoms with E-state index < -0.39 is 5.82 Å². The Hall–Kier alpha value is -1.07. The number of rotatable bonds is 2. The third-order valence-corrected chi connectivity index (χ3v) is 2.62. The minimum Gasteiger partial charge on any atom is -0.207 e. The molecular formula is C11H11ClFN. The molecule has 1 aromatic carbocycles. The molecule has 0 aliphatic carbocycles. The molecule has 1 nitrogen and oxygen atoms in total. The van der Waals surface area contributed by atoms with Crippen LogP contribution in [0.15, 0.2) is 12.1 Å². The van der Waals surface area contributed by atoms with Crippen LogP contribution in [0.2, 0.25) is 5.02 Å². The molecule has 0 radical (unpaired) electrons. The number of aryl methyl sites for hydroxylation is 1. The second kappa shape index (κ2) is 4.43. The molecule has 1 atom stereocenters. The van der Waals surface area contributed by atoms with Gasteiger partial charge in [0.1, 0.15) is 5.82 Å². The number of hydrogen-bond donors (Lipinski definition) is 0. The molecule has 0 amide bonds. The van der Waals surface area contributed by atoms with E-state index >= 15 is 0 Å². The third kappa shape index (κ3) is 2.05. The molecule has 14 heavy (non-hydrogen) atoms. The number of benzene rings is 1. The average Bonchev–Trinajstić information content (AvgIpc) is 2.15. The molecule has 1 unspecified atom stereocenters. The van der Waals surface area contributed by atoms with Gasteiger partial charge in [-0.3, -0.25) is 0 Å². The molecule has 1 rings (SSSR count). The summed E-state index contributed by atoms with van der Waals surface area (Å²) in [6.45, 7) is 3.66. The van der Waals surface area contributed by atoms with Gasteiger partial charge in [0.15, 0.2) is 0 Å². The fourth-order valence-corrected chi connectivity index (χ4v) is 1.48. The van der Waals surface area contributed by atoms with Crippen molar-refractivity contribution < 1.29 is 4.39 Å². The van der Waals surface area contributed by atoms with Gasteiger partial charge in [-0.15, -0.1) is 0 Å². The van der Waals surface area contributed by atoms with Gasteiger partial charge >= 0.3 is 0 Å². The average molecular weight is 212 g/mol. The molecule has 0 heterocycles. The van der Waals surface area contributed by atoms with Crippen LogP contribution in [0, 0.1) is 24.1 Å². The smallest absolute Gasteiger partial charge is 0.129 e. The van der Waals surface area contributed by atoms with Crippen LogP contribution in [0.3, 0.4) is 0 Å². The van der Waals surface area contributed by atoms with Crippen molar-refractivity contribution in [1.82, 2.24) is 0 Å². The maximum Gasteiger partial charge on any atom is 0.129 e. The number of hydrogen-bond acceptors (Lipinski definition) is 1. The van der Waals surface area contributed by atoms with E-state index in [1.807, 2.05) is 6.92 Å². The van der Waals surface area contributed by atoms with Crippen LogP contribution in [0.4, 0.5) is 4.39 Å². The lowest BCUT2D eigenvalue weighted by molar-refractivity contribution is 0.597. The summed E-state index contributed by atoms with van der Waals surface area (Å²) in [6, 6.07) is 4.99. The van der Waals surface area contributed by atoms with E-state index in [0.29, 0.717) is 17.0 Å². The highest BCUT2D eigenvalue weighted by molar-refractivity contribution is 6.31. The fraction of sp³-hybridized carbons (Fsp3) is 0.364. The predicted molar refractivity (Wildman–Crippen MR) is 54.8 cm³/mol. The summed E-state index contributed by atoms with van der Waals surface area (Å²) >= 11 is 5.75. The summed E-state index contributed by atoms with van der Waals surface area (Å²) in [5.74, 6) is -0.778. The minimum atomic E-state index is -0.394. The standard InChI is InChI=1S/C11H11ClFN/c1-3-8(6-14)9-4-7(2)10(12)5-11(9)13/h4-5,8H,3H2,1-2H3. The van der Waals surface area contributed by atoms with Gasteiger partial charge in [0.2, 0.25) is 0 Å². The van der Waals surface area contributed by atoms with Crippen LogP contribution >= 0.6 is 11.6 Å². The lowest BCUT2D eigenvalue weighted by Crippen LogP contribution is -1.98. The number of halogens is 2. The lowest BCUT2D eigenvalue weighted by Gasteiger charge is -2.09. The fourth-order valence-electron chi connectivity index (χ4n) is 1.33. The Morgan fingerprint density at radius 3 is 2.71 bits per heavy atom. The van der Waals surface area contributed by atoms with Crippen molar-refractivity contribution >= 4 is 11.6 Å². The molecule has 74 valence electrons. The quantitative estimate of drug-likeness (QED) is 0.730. The molecule has 1 aromatic rings. The molecule has 0 saturated carbocycles. The molecule has 0 aliphatic heterocycles. The second-order valence-corrected chi connectivity index (χ2v) is 3.62. The van der Waals surface area contributed by atoms with Crippen LogP contribution in [0.1, 0.15) is 30.4 Å². The topological polar surface area (TPSA) is 23.8 Å². The molecule has 0 bridgehead atoms. The summed E-state index contributed by atoms with van der Waals surface area (Å²) in [7, 11) is 0. The van der Waals surface area contributed by atoms with E-state index in [1.54, 1.807) is 13.0 Å².